The van der Waals surface area contributed by atoms with Crippen LogP contribution in [-0.2, 0) is 4.74 Å². The lowest BCUT2D eigenvalue weighted by Gasteiger charge is -2.15. The summed E-state index contributed by atoms with van der Waals surface area (Å²) >= 11 is 0. The smallest absolute Gasteiger partial charge is 0.415 e. The van der Waals surface area contributed by atoms with E-state index in [0.717, 1.165) is 5.69 Å². The van der Waals surface area contributed by atoms with Crippen molar-refractivity contribution < 1.29 is 9.53 Å². The van der Waals surface area contributed by atoms with E-state index in [0.29, 0.717) is 12.2 Å². The van der Waals surface area contributed by atoms with E-state index in [2.05, 4.69) is 0 Å². The zero-order chi connectivity index (χ0) is 11.1. The number of hydrogen-bond acceptors (Lipinski definition) is 3. The molecule has 1 aliphatic rings. The van der Waals surface area contributed by atoms with E-state index >= 15 is 0 Å². The monoisotopic (exact) mass is 206 g/mol. The molecule has 0 radical (unpaired) electrons. The number of amides is 1. The number of hydrogen-bond donors (Lipinski definition) is 1. The maximum atomic E-state index is 11.6. The van der Waals surface area contributed by atoms with E-state index in [1.165, 1.54) is 0 Å². The molecule has 0 spiro atoms. The van der Waals surface area contributed by atoms with Crippen LogP contribution in [0.5, 0.6) is 0 Å². The second-order valence-electron chi connectivity index (χ2n) is 4.31. The molecule has 0 unspecified atom stereocenters. The van der Waals surface area contributed by atoms with Crippen LogP contribution in [0.25, 0.3) is 0 Å². The van der Waals surface area contributed by atoms with Crippen molar-refractivity contribution in [3.63, 3.8) is 0 Å². The predicted molar refractivity (Wildman–Crippen MR) is 58.8 cm³/mol. The lowest BCUT2D eigenvalue weighted by Crippen LogP contribution is -2.28. The second-order valence-corrected chi connectivity index (χ2v) is 4.31. The summed E-state index contributed by atoms with van der Waals surface area (Å²) in [5.41, 5.74) is 6.66. The molecule has 1 heterocycles. The zero-order valence-electron chi connectivity index (χ0n) is 8.86. The molecule has 1 aromatic carbocycles. The fraction of sp³-hybridized carbons (Fsp3) is 0.364. The van der Waals surface area contributed by atoms with E-state index in [1.54, 1.807) is 17.0 Å². The van der Waals surface area contributed by atoms with Gasteiger partial charge in [-0.05, 0) is 32.0 Å². The number of ether oxygens (including phenoxy) is 1. The van der Waals surface area contributed by atoms with Gasteiger partial charge in [0.05, 0.1) is 6.54 Å². The van der Waals surface area contributed by atoms with Gasteiger partial charge in [0.15, 0.2) is 0 Å². The number of cyclic esters (lactones) is 1. The van der Waals surface area contributed by atoms with Crippen molar-refractivity contribution in [2.75, 3.05) is 17.2 Å². The van der Waals surface area contributed by atoms with Gasteiger partial charge in [-0.3, -0.25) is 4.90 Å². The molecule has 0 atom stereocenters. The van der Waals surface area contributed by atoms with E-state index in [-0.39, 0.29) is 6.09 Å². The molecule has 4 heteroatoms. The third kappa shape index (κ3) is 1.88. The minimum atomic E-state index is -0.429. The van der Waals surface area contributed by atoms with Gasteiger partial charge in [0.1, 0.15) is 5.60 Å². The minimum Gasteiger partial charge on any atom is -0.441 e. The molecule has 0 aromatic heterocycles. The minimum absolute atomic E-state index is 0.314. The first kappa shape index (κ1) is 9.83. The maximum absolute atomic E-state index is 11.6. The quantitative estimate of drug-likeness (QED) is 0.715. The first-order chi connectivity index (χ1) is 6.98. The number of nitrogens with zero attached hydrogens (tertiary/aromatic N) is 1. The highest BCUT2D eigenvalue weighted by Gasteiger charge is 2.38. The van der Waals surface area contributed by atoms with Crippen LogP contribution in [0.1, 0.15) is 13.8 Å². The van der Waals surface area contributed by atoms with Gasteiger partial charge in [-0.15, -0.1) is 0 Å². The number of nitrogens with two attached hydrogens (primary N) is 1. The van der Waals surface area contributed by atoms with Crippen LogP contribution < -0.4 is 10.6 Å². The van der Waals surface area contributed by atoms with Crippen LogP contribution in [-0.4, -0.2) is 18.2 Å². The van der Waals surface area contributed by atoms with Gasteiger partial charge < -0.3 is 10.5 Å². The van der Waals surface area contributed by atoms with Crippen LogP contribution in [0.15, 0.2) is 24.3 Å². The van der Waals surface area contributed by atoms with Crippen molar-refractivity contribution in [2.24, 2.45) is 0 Å². The third-order valence-corrected chi connectivity index (χ3v) is 2.30. The molecule has 0 saturated carbocycles. The Morgan fingerprint density at radius 2 is 2.20 bits per heavy atom. The first-order valence-electron chi connectivity index (χ1n) is 4.84. The number of rotatable bonds is 1. The number of carbonyl (C=O) groups excluding carboxylic acids is 1. The molecular weight excluding hydrogens is 192 g/mol. The predicted octanol–water partition coefficient (Wildman–Crippen LogP) is 2.00. The Hall–Kier alpha value is -1.71. The third-order valence-electron chi connectivity index (χ3n) is 2.30. The van der Waals surface area contributed by atoms with E-state index < -0.39 is 5.60 Å². The highest BCUT2D eigenvalue weighted by atomic mass is 16.6. The average molecular weight is 206 g/mol. The maximum Gasteiger partial charge on any atom is 0.415 e. The fourth-order valence-corrected chi connectivity index (χ4v) is 1.66. The van der Waals surface area contributed by atoms with Crippen molar-refractivity contribution >= 4 is 17.5 Å². The summed E-state index contributed by atoms with van der Waals surface area (Å²) < 4.78 is 5.20. The number of carbonyl (C=O) groups is 1. The number of anilines is 2. The lowest BCUT2D eigenvalue weighted by atomic mass is 10.1. The van der Waals surface area contributed by atoms with E-state index in [1.807, 2.05) is 26.0 Å². The fourth-order valence-electron chi connectivity index (χ4n) is 1.66. The SMILES string of the molecule is CC1(C)CN(c2cccc(N)c2)C(=O)O1. The summed E-state index contributed by atoms with van der Waals surface area (Å²) in [6, 6.07) is 7.22. The van der Waals surface area contributed by atoms with Crippen molar-refractivity contribution in [3.05, 3.63) is 24.3 Å². The molecule has 0 aliphatic carbocycles. The summed E-state index contributed by atoms with van der Waals surface area (Å²) in [4.78, 5) is 13.2. The molecule has 1 aromatic rings. The first-order valence-corrected chi connectivity index (χ1v) is 4.84. The molecule has 80 valence electrons. The lowest BCUT2D eigenvalue weighted by molar-refractivity contribution is 0.0871. The second kappa shape index (κ2) is 3.15. The van der Waals surface area contributed by atoms with Crippen LogP contribution in [0, 0.1) is 0 Å². The topological polar surface area (TPSA) is 55.6 Å². The van der Waals surface area contributed by atoms with Gasteiger partial charge in [0.25, 0.3) is 0 Å². The van der Waals surface area contributed by atoms with Crippen molar-refractivity contribution in [2.45, 2.75) is 19.4 Å². The van der Waals surface area contributed by atoms with E-state index in [4.69, 9.17) is 10.5 Å². The van der Waals surface area contributed by atoms with E-state index in [9.17, 15) is 4.79 Å². The molecule has 15 heavy (non-hydrogen) atoms. The zero-order valence-corrected chi connectivity index (χ0v) is 8.86. The Balaban J connectivity index is 2.29. The normalized spacial score (nSPS) is 19.1. The molecule has 1 saturated heterocycles. The van der Waals surface area contributed by atoms with Gasteiger partial charge in [0, 0.05) is 11.4 Å². The van der Waals surface area contributed by atoms with Crippen LogP contribution in [0.2, 0.25) is 0 Å². The highest BCUT2D eigenvalue weighted by molar-refractivity contribution is 5.90. The Kier molecular flexibility index (Phi) is 2.07. The molecule has 4 nitrogen and oxygen atoms in total. The average Bonchev–Trinajstić information content (AvgIpc) is 2.40. The van der Waals surface area contributed by atoms with Crippen molar-refractivity contribution in [1.82, 2.24) is 0 Å². The van der Waals surface area contributed by atoms with Gasteiger partial charge in [-0.1, -0.05) is 6.07 Å². The molecule has 1 amide bonds. The van der Waals surface area contributed by atoms with Crippen LogP contribution >= 0.6 is 0 Å². The summed E-state index contributed by atoms with van der Waals surface area (Å²) in [5.74, 6) is 0. The van der Waals surface area contributed by atoms with Crippen LogP contribution in [0.3, 0.4) is 0 Å². The summed E-state index contributed by atoms with van der Waals surface area (Å²) in [7, 11) is 0. The van der Waals surface area contributed by atoms with Gasteiger partial charge in [0.2, 0.25) is 0 Å². The van der Waals surface area contributed by atoms with Crippen molar-refractivity contribution in [1.29, 1.82) is 0 Å². The number of nitrogen functional groups attached to an aromatic ring is 1. The molecule has 2 N–H and O–H groups in total. The molecule has 0 bridgehead atoms. The molecular formula is C11H14N2O2. The van der Waals surface area contributed by atoms with Gasteiger partial charge in [-0.2, -0.15) is 0 Å². The summed E-state index contributed by atoms with van der Waals surface area (Å²) in [6.07, 6.45) is -0.314. The molecule has 1 aliphatic heterocycles. The largest absolute Gasteiger partial charge is 0.441 e. The van der Waals surface area contributed by atoms with Gasteiger partial charge >= 0.3 is 6.09 Å². The standard InChI is InChI=1S/C11H14N2O2/c1-11(2)7-13(10(14)15-11)9-5-3-4-8(12)6-9/h3-6H,7,12H2,1-2H3. The highest BCUT2D eigenvalue weighted by Crippen LogP contribution is 2.28. The van der Waals surface area contributed by atoms with Gasteiger partial charge in [-0.25, -0.2) is 4.79 Å². The molecule has 2 rings (SSSR count). The Labute approximate surface area is 88.6 Å². The Bertz CT molecular complexity index is 401. The molecule has 1 fully saturated rings. The van der Waals surface area contributed by atoms with Crippen LogP contribution in [0.4, 0.5) is 16.2 Å². The Morgan fingerprint density at radius 1 is 1.47 bits per heavy atom. The summed E-state index contributed by atoms with van der Waals surface area (Å²) in [6.45, 7) is 4.32. The van der Waals surface area contributed by atoms with Crippen molar-refractivity contribution in [3.8, 4) is 0 Å². The summed E-state index contributed by atoms with van der Waals surface area (Å²) in [5, 5.41) is 0. The number of benzene rings is 1. The Morgan fingerprint density at radius 3 is 2.73 bits per heavy atom.